The summed E-state index contributed by atoms with van der Waals surface area (Å²) in [7, 11) is 0. The zero-order valence-electron chi connectivity index (χ0n) is 11.0. The molecule has 3 heterocycles. The first-order chi connectivity index (χ1) is 9.66. The van der Waals surface area contributed by atoms with Gasteiger partial charge in [0, 0.05) is 11.0 Å². The summed E-state index contributed by atoms with van der Waals surface area (Å²) in [6, 6.07) is 4.02. The number of halogens is 1. The van der Waals surface area contributed by atoms with Gasteiger partial charge in [0.25, 0.3) is 5.91 Å². The lowest BCUT2D eigenvalue weighted by molar-refractivity contribution is 0.0738. The van der Waals surface area contributed by atoms with Gasteiger partial charge in [0.15, 0.2) is 0 Å². The number of benzene rings is 1. The summed E-state index contributed by atoms with van der Waals surface area (Å²) < 4.78 is 2.77. The highest BCUT2D eigenvalue weighted by Gasteiger charge is 2.38. The van der Waals surface area contributed by atoms with Crippen molar-refractivity contribution in [3.8, 4) is 5.69 Å². The fraction of sp³-hybridized carbons (Fsp3) is 0.357. The molecule has 0 unspecified atom stereocenters. The molecule has 0 saturated carbocycles. The van der Waals surface area contributed by atoms with Gasteiger partial charge >= 0.3 is 0 Å². The van der Waals surface area contributed by atoms with Crippen LogP contribution in [0.25, 0.3) is 5.69 Å². The van der Waals surface area contributed by atoms with Crippen molar-refractivity contribution in [1.29, 1.82) is 0 Å². The average Bonchev–Trinajstić information content (AvgIpc) is 3.04. The van der Waals surface area contributed by atoms with Crippen molar-refractivity contribution in [3.63, 3.8) is 0 Å². The molecule has 20 heavy (non-hydrogen) atoms. The molecular weight excluding hydrogens is 320 g/mol. The fourth-order valence-corrected chi connectivity index (χ4v) is 3.85. The van der Waals surface area contributed by atoms with Gasteiger partial charge in [-0.15, -0.1) is 5.10 Å². The highest BCUT2D eigenvalue weighted by atomic mass is 79.9. The van der Waals surface area contributed by atoms with Crippen molar-refractivity contribution in [1.82, 2.24) is 19.9 Å². The molecule has 1 fully saturated rings. The zero-order valence-corrected chi connectivity index (χ0v) is 12.6. The zero-order chi connectivity index (χ0) is 13.9. The maximum absolute atomic E-state index is 12.9. The van der Waals surface area contributed by atoms with Gasteiger partial charge < -0.3 is 4.90 Å². The van der Waals surface area contributed by atoms with E-state index >= 15 is 0 Å². The number of nitrogens with zero attached hydrogens (tertiary/aromatic N) is 4. The van der Waals surface area contributed by atoms with E-state index in [-0.39, 0.29) is 11.9 Å². The van der Waals surface area contributed by atoms with Crippen LogP contribution in [-0.2, 0) is 0 Å². The molecule has 0 radical (unpaired) electrons. The summed E-state index contributed by atoms with van der Waals surface area (Å²) >= 11 is 3.50. The minimum atomic E-state index is 0.100. The summed E-state index contributed by atoms with van der Waals surface area (Å²) in [5.74, 6) is 0.109. The minimum absolute atomic E-state index is 0.100. The molecule has 1 amide bonds. The Morgan fingerprint density at radius 3 is 3.10 bits per heavy atom. The Hall–Kier alpha value is -1.69. The van der Waals surface area contributed by atoms with Gasteiger partial charge in [-0.3, -0.25) is 4.79 Å². The Balaban J connectivity index is 2.07. The van der Waals surface area contributed by atoms with E-state index < -0.39 is 0 Å². The lowest BCUT2D eigenvalue weighted by atomic mass is 10.1. The molecule has 2 aliphatic rings. The van der Waals surface area contributed by atoms with E-state index in [0.29, 0.717) is 0 Å². The quantitative estimate of drug-likeness (QED) is 0.745. The molecule has 102 valence electrons. The summed E-state index contributed by atoms with van der Waals surface area (Å²) in [5.41, 5.74) is 3.54. The third-order valence-electron chi connectivity index (χ3n) is 4.15. The highest BCUT2D eigenvalue weighted by molar-refractivity contribution is 9.10. The van der Waals surface area contributed by atoms with Gasteiger partial charge in [0.2, 0.25) is 0 Å². The molecule has 1 aromatic carbocycles. The summed E-state index contributed by atoms with van der Waals surface area (Å²) in [6.45, 7) is 2.78. The van der Waals surface area contributed by atoms with Crippen LogP contribution < -0.4 is 0 Å². The largest absolute Gasteiger partial charge is 0.330 e. The second-order valence-electron chi connectivity index (χ2n) is 5.34. The third kappa shape index (κ3) is 1.51. The first-order valence-corrected chi connectivity index (χ1v) is 7.48. The molecule has 2 aliphatic heterocycles. The number of carbonyl (C=O) groups excluding carboxylic acids is 1. The van der Waals surface area contributed by atoms with E-state index in [0.717, 1.165) is 46.4 Å². The van der Waals surface area contributed by atoms with Crippen LogP contribution in [-0.4, -0.2) is 32.3 Å². The standard InChI is InChI=1S/C14H13BrN4O/c1-8-5-9(15)6-11-13(8)14(20)18-4-2-3-10(18)12-7-16-17-19(11)12/h5-7,10H,2-4H2,1H3/t10-/m0/s1. The van der Waals surface area contributed by atoms with Crippen LogP contribution in [0.15, 0.2) is 22.8 Å². The van der Waals surface area contributed by atoms with Crippen molar-refractivity contribution in [2.24, 2.45) is 0 Å². The molecule has 4 rings (SSSR count). The smallest absolute Gasteiger partial charge is 0.256 e. The Bertz CT molecular complexity index is 724. The molecule has 2 aromatic rings. The van der Waals surface area contributed by atoms with Crippen molar-refractivity contribution < 1.29 is 4.79 Å². The molecule has 1 saturated heterocycles. The van der Waals surface area contributed by atoms with Gasteiger partial charge in [-0.05, 0) is 37.5 Å². The maximum Gasteiger partial charge on any atom is 0.256 e. The van der Waals surface area contributed by atoms with E-state index in [4.69, 9.17) is 0 Å². The topological polar surface area (TPSA) is 51.0 Å². The highest BCUT2D eigenvalue weighted by Crippen LogP contribution is 2.39. The molecule has 1 aromatic heterocycles. The van der Waals surface area contributed by atoms with Crippen molar-refractivity contribution in [2.45, 2.75) is 25.8 Å². The van der Waals surface area contributed by atoms with Crippen molar-refractivity contribution in [3.05, 3.63) is 39.6 Å². The SMILES string of the molecule is Cc1cc(Br)cc2c1C(=O)N1CCC[C@H]1c1cnnn1-2. The van der Waals surface area contributed by atoms with Gasteiger partial charge in [-0.25, -0.2) is 4.68 Å². The Kier molecular flexibility index (Phi) is 2.51. The fourth-order valence-electron chi connectivity index (χ4n) is 3.29. The predicted molar refractivity (Wildman–Crippen MR) is 76.8 cm³/mol. The Labute approximate surface area is 124 Å². The van der Waals surface area contributed by atoms with Crippen LogP contribution in [0.4, 0.5) is 0 Å². The van der Waals surface area contributed by atoms with Crippen LogP contribution in [0.2, 0.25) is 0 Å². The lowest BCUT2D eigenvalue weighted by Crippen LogP contribution is -2.29. The number of amides is 1. The maximum atomic E-state index is 12.9. The first kappa shape index (κ1) is 12.1. The number of hydrogen-bond acceptors (Lipinski definition) is 3. The summed E-state index contributed by atoms with van der Waals surface area (Å²) in [6.07, 6.45) is 3.79. The normalized spacial score (nSPS) is 20.4. The van der Waals surface area contributed by atoms with Crippen LogP contribution in [0.5, 0.6) is 0 Å². The van der Waals surface area contributed by atoms with Crippen LogP contribution in [0, 0.1) is 6.92 Å². The van der Waals surface area contributed by atoms with Crippen molar-refractivity contribution >= 4 is 21.8 Å². The van der Waals surface area contributed by atoms with Gasteiger partial charge in [-0.2, -0.15) is 0 Å². The molecular formula is C14H13BrN4O. The lowest BCUT2D eigenvalue weighted by Gasteiger charge is -2.22. The molecule has 1 atom stereocenters. The number of aryl methyl sites for hydroxylation is 1. The molecule has 0 bridgehead atoms. The van der Waals surface area contributed by atoms with E-state index in [2.05, 4.69) is 26.2 Å². The second-order valence-corrected chi connectivity index (χ2v) is 6.26. The number of rotatable bonds is 0. The third-order valence-corrected chi connectivity index (χ3v) is 4.61. The molecule has 0 aliphatic carbocycles. The average molecular weight is 333 g/mol. The van der Waals surface area contributed by atoms with Crippen molar-refractivity contribution in [2.75, 3.05) is 6.54 Å². The Morgan fingerprint density at radius 1 is 1.40 bits per heavy atom. The predicted octanol–water partition coefficient (Wildman–Crippen LogP) is 2.63. The summed E-state index contributed by atoms with van der Waals surface area (Å²) in [4.78, 5) is 14.8. The first-order valence-electron chi connectivity index (χ1n) is 6.69. The van der Waals surface area contributed by atoms with E-state index in [1.54, 1.807) is 6.20 Å². The van der Waals surface area contributed by atoms with E-state index in [1.165, 1.54) is 0 Å². The summed E-state index contributed by atoms with van der Waals surface area (Å²) in [5, 5.41) is 8.25. The number of fused-ring (bicyclic) bond motifs is 5. The number of aromatic nitrogens is 3. The Morgan fingerprint density at radius 2 is 2.25 bits per heavy atom. The molecule has 5 nitrogen and oxygen atoms in total. The minimum Gasteiger partial charge on any atom is -0.330 e. The van der Waals surface area contributed by atoms with Crippen LogP contribution in [0.1, 0.15) is 40.5 Å². The van der Waals surface area contributed by atoms with Crippen LogP contribution in [0.3, 0.4) is 0 Å². The second kappa shape index (κ2) is 4.15. The van der Waals surface area contributed by atoms with Gasteiger partial charge in [-0.1, -0.05) is 21.1 Å². The van der Waals surface area contributed by atoms with Gasteiger partial charge in [0.05, 0.1) is 29.2 Å². The number of hydrogen-bond donors (Lipinski definition) is 0. The molecule has 0 N–H and O–H groups in total. The molecule has 6 heteroatoms. The van der Waals surface area contributed by atoms with E-state index in [9.17, 15) is 4.79 Å². The molecule has 0 spiro atoms. The van der Waals surface area contributed by atoms with E-state index in [1.807, 2.05) is 28.6 Å². The van der Waals surface area contributed by atoms with Crippen LogP contribution >= 0.6 is 15.9 Å². The monoisotopic (exact) mass is 332 g/mol. The number of carbonyl (C=O) groups is 1. The van der Waals surface area contributed by atoms with Gasteiger partial charge in [0.1, 0.15) is 0 Å².